The van der Waals surface area contributed by atoms with Crippen molar-refractivity contribution in [2.45, 2.75) is 25.8 Å². The van der Waals surface area contributed by atoms with Crippen LogP contribution in [0.15, 0.2) is 48.5 Å². The highest BCUT2D eigenvalue weighted by Crippen LogP contribution is 2.32. The van der Waals surface area contributed by atoms with E-state index in [0.717, 1.165) is 15.4 Å². The van der Waals surface area contributed by atoms with Gasteiger partial charge in [-0.25, -0.2) is 18.7 Å². The summed E-state index contributed by atoms with van der Waals surface area (Å²) in [6.07, 6.45) is 0.0574. The summed E-state index contributed by atoms with van der Waals surface area (Å²) in [4.78, 5) is 24.0. The monoisotopic (exact) mass is 471 g/mol. The summed E-state index contributed by atoms with van der Waals surface area (Å²) >= 11 is 0. The van der Waals surface area contributed by atoms with Crippen molar-refractivity contribution < 1.29 is 28.0 Å². The first kappa shape index (κ1) is 24.3. The van der Waals surface area contributed by atoms with Crippen LogP contribution in [0.4, 0.5) is 10.5 Å². The molecule has 9 nitrogen and oxygen atoms in total. The number of ether oxygens (including phenoxy) is 1. The molecule has 3 rings (SSSR count). The highest BCUT2D eigenvalue weighted by atomic mass is 32.2. The van der Waals surface area contributed by atoms with Gasteiger partial charge in [0.2, 0.25) is 10.0 Å². The lowest BCUT2D eigenvalue weighted by molar-refractivity contribution is -0.133. The van der Waals surface area contributed by atoms with Crippen LogP contribution >= 0.6 is 0 Å². The third-order valence-corrected chi connectivity index (χ3v) is 7.08. The van der Waals surface area contributed by atoms with Crippen molar-refractivity contribution in [3.63, 3.8) is 0 Å². The van der Waals surface area contributed by atoms with E-state index in [0.29, 0.717) is 17.7 Å². The summed E-state index contributed by atoms with van der Waals surface area (Å²) in [6.45, 7) is 1.78. The first-order valence-corrected chi connectivity index (χ1v) is 11.9. The third kappa shape index (κ3) is 6.10. The van der Waals surface area contributed by atoms with Crippen LogP contribution in [0.25, 0.3) is 0 Å². The molecule has 2 aromatic carbocycles. The fourth-order valence-electron chi connectivity index (χ4n) is 3.62. The number of nitrogens with one attached hydrogen (secondary N) is 2. The molecular weight excluding hydrogens is 446 g/mol. The topological polar surface area (TPSA) is 125 Å². The Bertz CT molecular complexity index is 1170. The predicted molar refractivity (Wildman–Crippen MR) is 122 cm³/mol. The van der Waals surface area contributed by atoms with Crippen LogP contribution in [0.5, 0.6) is 0 Å². The number of fused-ring (bicyclic) bond motifs is 1. The standard InChI is InChI=1S/C23H25N3O6S/c1-2-3-15-32-23(28)24-19-10-8-17(9-11-19)13-16-33(30,31)26-14-12-18-6-4-5-7-20(18)21(26)22(27)25-29/h4-11,21,29H,12-16H2,1H3,(H,24,28)(H,25,27)/t21-/m0/s1. The highest BCUT2D eigenvalue weighted by molar-refractivity contribution is 7.89. The molecule has 3 N–H and O–H groups in total. The van der Waals surface area contributed by atoms with Gasteiger partial charge in [-0.15, -0.1) is 5.92 Å². The van der Waals surface area contributed by atoms with Crippen molar-refractivity contribution in [1.82, 2.24) is 9.79 Å². The van der Waals surface area contributed by atoms with Gasteiger partial charge in [-0.1, -0.05) is 42.3 Å². The second-order valence-corrected chi connectivity index (χ2v) is 9.37. The van der Waals surface area contributed by atoms with Gasteiger partial charge in [0.25, 0.3) is 5.91 Å². The van der Waals surface area contributed by atoms with Gasteiger partial charge in [0.15, 0.2) is 6.61 Å². The van der Waals surface area contributed by atoms with E-state index in [1.807, 2.05) is 12.1 Å². The van der Waals surface area contributed by atoms with Crippen LogP contribution in [0.2, 0.25) is 0 Å². The molecule has 0 spiro atoms. The van der Waals surface area contributed by atoms with Crippen molar-refractivity contribution in [1.29, 1.82) is 0 Å². The average molecular weight is 472 g/mol. The highest BCUT2D eigenvalue weighted by Gasteiger charge is 2.39. The zero-order valence-corrected chi connectivity index (χ0v) is 18.9. The Kier molecular flexibility index (Phi) is 8.06. The van der Waals surface area contributed by atoms with Gasteiger partial charge in [-0.3, -0.25) is 15.3 Å². The van der Waals surface area contributed by atoms with Gasteiger partial charge in [0.05, 0.1) is 5.75 Å². The molecule has 0 bridgehead atoms. The van der Waals surface area contributed by atoms with E-state index in [1.54, 1.807) is 48.8 Å². The van der Waals surface area contributed by atoms with E-state index in [2.05, 4.69) is 17.2 Å². The molecule has 2 aromatic rings. The molecule has 0 saturated carbocycles. The zero-order chi connectivity index (χ0) is 23.8. The second-order valence-electron chi connectivity index (χ2n) is 7.33. The van der Waals surface area contributed by atoms with Crippen LogP contribution in [-0.4, -0.2) is 48.8 Å². The van der Waals surface area contributed by atoms with Crippen LogP contribution in [0, 0.1) is 11.8 Å². The molecule has 0 radical (unpaired) electrons. The Morgan fingerprint density at radius 3 is 2.61 bits per heavy atom. The van der Waals surface area contributed by atoms with Gasteiger partial charge in [0, 0.05) is 12.2 Å². The molecule has 1 aliphatic heterocycles. The third-order valence-electron chi connectivity index (χ3n) is 5.26. The van der Waals surface area contributed by atoms with Gasteiger partial charge >= 0.3 is 6.09 Å². The van der Waals surface area contributed by atoms with Crippen LogP contribution in [-0.2, 0) is 32.4 Å². The number of hydrogen-bond acceptors (Lipinski definition) is 6. The molecule has 0 unspecified atom stereocenters. The molecule has 0 saturated heterocycles. The smallest absolute Gasteiger partial charge is 0.412 e. The zero-order valence-electron chi connectivity index (χ0n) is 18.1. The molecule has 1 heterocycles. The summed E-state index contributed by atoms with van der Waals surface area (Å²) in [7, 11) is -3.81. The summed E-state index contributed by atoms with van der Waals surface area (Å²) in [5.41, 5.74) is 4.28. The minimum Gasteiger partial charge on any atom is -0.436 e. The fraction of sp³-hybridized carbons (Fsp3) is 0.304. The second kappa shape index (κ2) is 11.0. The van der Waals surface area contributed by atoms with E-state index in [9.17, 15) is 23.2 Å². The summed E-state index contributed by atoms with van der Waals surface area (Å²) in [6, 6.07) is 12.7. The van der Waals surface area contributed by atoms with Gasteiger partial charge < -0.3 is 4.74 Å². The van der Waals surface area contributed by atoms with E-state index in [1.165, 1.54) is 0 Å². The number of hydrogen-bond donors (Lipinski definition) is 3. The molecule has 10 heteroatoms. The maximum absolute atomic E-state index is 13.1. The molecule has 174 valence electrons. The van der Waals surface area contributed by atoms with E-state index < -0.39 is 28.1 Å². The van der Waals surface area contributed by atoms with E-state index >= 15 is 0 Å². The predicted octanol–water partition coefficient (Wildman–Crippen LogP) is 2.24. The largest absolute Gasteiger partial charge is 0.436 e. The molecule has 1 atom stereocenters. The lowest BCUT2D eigenvalue weighted by Gasteiger charge is -2.34. The summed E-state index contributed by atoms with van der Waals surface area (Å²) in [5.74, 6) is 4.23. The minimum absolute atomic E-state index is 0.00541. The number of carbonyl (C=O) groups excluding carboxylic acids is 2. The Labute approximate surface area is 192 Å². The molecule has 33 heavy (non-hydrogen) atoms. The number of hydroxylamine groups is 1. The molecule has 0 aromatic heterocycles. The quantitative estimate of drug-likeness (QED) is 0.323. The van der Waals surface area contributed by atoms with Crippen molar-refractivity contribution in [2.24, 2.45) is 0 Å². The molecule has 0 fully saturated rings. The molecule has 2 amide bonds. The Hall–Kier alpha value is -3.39. The Balaban J connectivity index is 1.66. The average Bonchev–Trinajstić information content (AvgIpc) is 2.82. The number of aryl methyl sites for hydroxylation is 1. The van der Waals surface area contributed by atoms with Crippen LogP contribution in [0.1, 0.15) is 29.7 Å². The SMILES string of the molecule is CC#CCOC(=O)Nc1ccc(CCS(=O)(=O)N2CCc3ccccc3[C@H]2C(=O)NO)cc1. The van der Waals surface area contributed by atoms with Crippen LogP contribution in [0.3, 0.4) is 0 Å². The molecule has 1 aliphatic rings. The number of benzene rings is 2. The van der Waals surface area contributed by atoms with Crippen molar-refractivity contribution in [3.8, 4) is 11.8 Å². The number of sulfonamides is 1. The number of rotatable bonds is 7. The van der Waals surface area contributed by atoms with Crippen LogP contribution < -0.4 is 10.8 Å². The normalized spacial score (nSPS) is 15.5. The maximum atomic E-state index is 13.1. The van der Waals surface area contributed by atoms with E-state index in [-0.39, 0.29) is 25.3 Å². The molecular formula is C23H25N3O6S. The summed E-state index contributed by atoms with van der Waals surface area (Å²) in [5, 5.41) is 11.7. The Morgan fingerprint density at radius 2 is 1.91 bits per heavy atom. The van der Waals surface area contributed by atoms with Gasteiger partial charge in [-0.05, 0) is 48.6 Å². The lowest BCUT2D eigenvalue weighted by atomic mass is 9.94. The Morgan fingerprint density at radius 1 is 1.18 bits per heavy atom. The van der Waals surface area contributed by atoms with Gasteiger partial charge in [-0.2, -0.15) is 4.31 Å². The maximum Gasteiger partial charge on any atom is 0.412 e. The number of carbonyl (C=O) groups is 2. The number of anilines is 1. The molecule has 0 aliphatic carbocycles. The first-order chi connectivity index (χ1) is 15.9. The van der Waals surface area contributed by atoms with Crippen molar-refractivity contribution >= 4 is 27.7 Å². The van der Waals surface area contributed by atoms with Crippen molar-refractivity contribution in [3.05, 3.63) is 65.2 Å². The number of nitrogens with zero attached hydrogens (tertiary/aromatic N) is 1. The fourth-order valence-corrected chi connectivity index (χ4v) is 5.25. The number of amides is 2. The summed E-state index contributed by atoms with van der Waals surface area (Å²) < 4.78 is 32.3. The van der Waals surface area contributed by atoms with E-state index in [4.69, 9.17) is 4.74 Å². The van der Waals surface area contributed by atoms with Gasteiger partial charge in [0.1, 0.15) is 6.04 Å². The first-order valence-electron chi connectivity index (χ1n) is 10.3. The lowest BCUT2D eigenvalue weighted by Crippen LogP contribution is -2.47. The minimum atomic E-state index is -3.81. The van der Waals surface area contributed by atoms with Crippen molar-refractivity contribution in [2.75, 3.05) is 24.2 Å².